The third-order valence-corrected chi connectivity index (χ3v) is 5.15. The first-order valence-electron chi connectivity index (χ1n) is 9.61. The van der Waals surface area contributed by atoms with Gasteiger partial charge in [-0.1, -0.05) is 50.3 Å². The van der Waals surface area contributed by atoms with Gasteiger partial charge in [0.05, 0.1) is 24.9 Å². The third kappa shape index (κ3) is 6.34. The number of esters is 1. The van der Waals surface area contributed by atoms with Crippen LogP contribution in [-0.4, -0.2) is 41.4 Å². The van der Waals surface area contributed by atoms with Crippen LogP contribution in [0.15, 0.2) is 24.3 Å². The van der Waals surface area contributed by atoms with Crippen LogP contribution >= 0.6 is 0 Å². The first-order chi connectivity index (χ1) is 13.0. The van der Waals surface area contributed by atoms with E-state index in [1.165, 1.54) is 19.6 Å². The van der Waals surface area contributed by atoms with E-state index in [0.29, 0.717) is 5.56 Å². The van der Waals surface area contributed by atoms with Crippen LogP contribution in [0.2, 0.25) is 0 Å². The second kappa shape index (κ2) is 10.6. The molecule has 0 aromatic heterocycles. The number of nitro benzene ring substituents is 1. The van der Waals surface area contributed by atoms with Crippen LogP contribution in [0.5, 0.6) is 0 Å². The molecular weight excluding hydrogens is 348 g/mol. The fourth-order valence-electron chi connectivity index (χ4n) is 3.67. The molecule has 148 valence electrons. The summed E-state index contributed by atoms with van der Waals surface area (Å²) in [6.07, 6.45) is 7.55. The van der Waals surface area contributed by atoms with Gasteiger partial charge in [-0.15, -0.1) is 0 Å². The van der Waals surface area contributed by atoms with Gasteiger partial charge < -0.3 is 9.64 Å². The standard InChI is InChI=1S/C20H28N2O5/c1-27-20(24)13-14-21(17-10-5-3-2-4-6-11-17)19(23)15-16-9-7-8-12-18(16)22(25)26/h7-9,12,17H,2-6,10-11,13-15H2,1H3. The maximum absolute atomic E-state index is 13.0. The largest absolute Gasteiger partial charge is 0.469 e. The van der Waals surface area contributed by atoms with Crippen molar-refractivity contribution in [1.29, 1.82) is 0 Å². The molecular formula is C20H28N2O5. The number of carbonyl (C=O) groups is 2. The zero-order valence-electron chi connectivity index (χ0n) is 15.9. The van der Waals surface area contributed by atoms with Crippen molar-refractivity contribution in [3.63, 3.8) is 0 Å². The van der Waals surface area contributed by atoms with Crippen LogP contribution < -0.4 is 0 Å². The van der Waals surface area contributed by atoms with Crippen molar-refractivity contribution in [2.24, 2.45) is 0 Å². The lowest BCUT2D eigenvalue weighted by Gasteiger charge is -2.33. The topological polar surface area (TPSA) is 89.8 Å². The first-order valence-corrected chi connectivity index (χ1v) is 9.61. The zero-order chi connectivity index (χ0) is 19.6. The third-order valence-electron chi connectivity index (χ3n) is 5.15. The Hall–Kier alpha value is -2.44. The van der Waals surface area contributed by atoms with Crippen LogP contribution in [0.4, 0.5) is 5.69 Å². The van der Waals surface area contributed by atoms with Gasteiger partial charge in [0.1, 0.15) is 0 Å². The lowest BCUT2D eigenvalue weighted by Crippen LogP contribution is -2.43. The number of para-hydroxylation sites is 1. The average Bonchev–Trinajstić information content (AvgIpc) is 2.63. The Balaban J connectivity index is 2.16. The molecule has 1 aliphatic rings. The molecule has 1 amide bonds. The summed E-state index contributed by atoms with van der Waals surface area (Å²) in [5.74, 6) is -0.525. The van der Waals surface area contributed by atoms with Crippen LogP contribution in [0.1, 0.15) is 56.9 Å². The number of methoxy groups -OCH3 is 1. The molecule has 1 fully saturated rings. The molecule has 0 bridgehead atoms. The molecule has 2 rings (SSSR count). The Morgan fingerprint density at radius 2 is 1.78 bits per heavy atom. The fraction of sp³-hybridized carbons (Fsp3) is 0.600. The molecule has 27 heavy (non-hydrogen) atoms. The zero-order valence-corrected chi connectivity index (χ0v) is 15.9. The second-order valence-corrected chi connectivity index (χ2v) is 6.97. The van der Waals surface area contributed by atoms with Crippen molar-refractivity contribution in [2.75, 3.05) is 13.7 Å². The number of rotatable bonds is 7. The van der Waals surface area contributed by atoms with E-state index >= 15 is 0 Å². The maximum Gasteiger partial charge on any atom is 0.307 e. The minimum Gasteiger partial charge on any atom is -0.469 e. The lowest BCUT2D eigenvalue weighted by atomic mass is 9.95. The molecule has 0 radical (unpaired) electrons. The number of amides is 1. The Morgan fingerprint density at radius 1 is 1.15 bits per heavy atom. The van der Waals surface area contributed by atoms with Gasteiger partial charge in [-0.05, 0) is 12.8 Å². The van der Waals surface area contributed by atoms with Gasteiger partial charge in [0.2, 0.25) is 5.91 Å². The van der Waals surface area contributed by atoms with Crippen molar-refractivity contribution in [3.8, 4) is 0 Å². The molecule has 0 heterocycles. The van der Waals surface area contributed by atoms with Crippen molar-refractivity contribution in [1.82, 2.24) is 4.90 Å². The summed E-state index contributed by atoms with van der Waals surface area (Å²) in [7, 11) is 1.33. The van der Waals surface area contributed by atoms with E-state index in [4.69, 9.17) is 4.74 Å². The fourth-order valence-corrected chi connectivity index (χ4v) is 3.67. The highest BCUT2D eigenvalue weighted by molar-refractivity contribution is 5.81. The molecule has 1 aromatic carbocycles. The summed E-state index contributed by atoms with van der Waals surface area (Å²) in [6, 6.07) is 6.40. The molecule has 0 atom stereocenters. The Kier molecular flexibility index (Phi) is 8.23. The predicted octanol–water partition coefficient (Wildman–Crippen LogP) is 3.64. The van der Waals surface area contributed by atoms with Gasteiger partial charge in [0.25, 0.3) is 5.69 Å². The van der Waals surface area contributed by atoms with Crippen LogP contribution in [0.3, 0.4) is 0 Å². The van der Waals surface area contributed by atoms with E-state index in [0.717, 1.165) is 38.5 Å². The Bertz CT molecular complexity index is 654. The summed E-state index contributed by atoms with van der Waals surface area (Å²) in [5, 5.41) is 11.2. The van der Waals surface area contributed by atoms with E-state index < -0.39 is 4.92 Å². The molecule has 1 aromatic rings. The molecule has 0 saturated heterocycles. The molecule has 0 spiro atoms. The number of nitrogens with zero attached hydrogens (tertiary/aromatic N) is 2. The van der Waals surface area contributed by atoms with Gasteiger partial charge >= 0.3 is 5.97 Å². The molecule has 1 aliphatic carbocycles. The Labute approximate surface area is 159 Å². The normalized spacial score (nSPS) is 15.4. The van der Waals surface area contributed by atoms with E-state index in [1.54, 1.807) is 23.1 Å². The number of hydrogen-bond acceptors (Lipinski definition) is 5. The van der Waals surface area contributed by atoms with Gasteiger partial charge in [-0.2, -0.15) is 0 Å². The number of ether oxygens (including phenoxy) is 1. The lowest BCUT2D eigenvalue weighted by molar-refractivity contribution is -0.385. The quantitative estimate of drug-likeness (QED) is 0.412. The van der Waals surface area contributed by atoms with Gasteiger partial charge in [-0.3, -0.25) is 19.7 Å². The molecule has 1 saturated carbocycles. The van der Waals surface area contributed by atoms with Gasteiger partial charge in [-0.25, -0.2) is 0 Å². The molecule has 7 nitrogen and oxygen atoms in total. The SMILES string of the molecule is COC(=O)CCN(C(=O)Cc1ccccc1[N+](=O)[O-])C1CCCCCCC1. The summed E-state index contributed by atoms with van der Waals surface area (Å²) >= 11 is 0. The number of nitro groups is 1. The van der Waals surface area contributed by atoms with Crippen molar-refractivity contribution in [3.05, 3.63) is 39.9 Å². The van der Waals surface area contributed by atoms with E-state index in [-0.39, 0.29) is 43.0 Å². The van der Waals surface area contributed by atoms with Crippen molar-refractivity contribution < 1.29 is 19.2 Å². The Morgan fingerprint density at radius 3 is 2.41 bits per heavy atom. The molecule has 0 N–H and O–H groups in total. The van der Waals surface area contributed by atoms with Crippen LogP contribution in [-0.2, 0) is 20.7 Å². The smallest absolute Gasteiger partial charge is 0.307 e. The average molecular weight is 376 g/mol. The highest BCUT2D eigenvalue weighted by Crippen LogP contribution is 2.24. The number of hydrogen-bond donors (Lipinski definition) is 0. The molecule has 0 unspecified atom stereocenters. The van der Waals surface area contributed by atoms with E-state index in [1.807, 2.05) is 0 Å². The van der Waals surface area contributed by atoms with Crippen molar-refractivity contribution in [2.45, 2.75) is 63.8 Å². The number of carbonyl (C=O) groups excluding carboxylic acids is 2. The summed E-state index contributed by atoms with van der Waals surface area (Å²) in [4.78, 5) is 37.2. The minimum absolute atomic E-state index is 0.0329. The molecule has 0 aliphatic heterocycles. The van der Waals surface area contributed by atoms with E-state index in [2.05, 4.69) is 0 Å². The van der Waals surface area contributed by atoms with Gasteiger partial charge in [0, 0.05) is 24.2 Å². The summed E-state index contributed by atoms with van der Waals surface area (Å²) in [5.41, 5.74) is 0.359. The highest BCUT2D eigenvalue weighted by Gasteiger charge is 2.26. The van der Waals surface area contributed by atoms with Crippen LogP contribution in [0, 0.1) is 10.1 Å². The predicted molar refractivity (Wildman–Crippen MR) is 101 cm³/mol. The van der Waals surface area contributed by atoms with Crippen LogP contribution in [0.25, 0.3) is 0 Å². The minimum atomic E-state index is -0.461. The van der Waals surface area contributed by atoms with Gasteiger partial charge in [0.15, 0.2) is 0 Å². The first kappa shape index (κ1) is 20.9. The maximum atomic E-state index is 13.0. The van der Waals surface area contributed by atoms with E-state index in [9.17, 15) is 19.7 Å². The number of benzene rings is 1. The highest BCUT2D eigenvalue weighted by atomic mass is 16.6. The molecule has 7 heteroatoms. The monoisotopic (exact) mass is 376 g/mol. The second-order valence-electron chi connectivity index (χ2n) is 6.97. The summed E-state index contributed by atoms with van der Waals surface area (Å²) in [6.45, 7) is 0.288. The van der Waals surface area contributed by atoms with Crippen molar-refractivity contribution >= 4 is 17.6 Å². The summed E-state index contributed by atoms with van der Waals surface area (Å²) < 4.78 is 4.72.